The van der Waals surface area contributed by atoms with Crippen LogP contribution in [0.3, 0.4) is 0 Å². The number of fused-ring (bicyclic) bond motifs is 1. The van der Waals surface area contributed by atoms with E-state index in [2.05, 4.69) is 14.6 Å². The molecule has 1 aliphatic carbocycles. The summed E-state index contributed by atoms with van der Waals surface area (Å²) in [6.45, 7) is 8.74. The summed E-state index contributed by atoms with van der Waals surface area (Å²) in [5.74, 6) is -0.134. The fourth-order valence-corrected chi connectivity index (χ4v) is 4.48. The van der Waals surface area contributed by atoms with E-state index >= 15 is 0 Å². The van der Waals surface area contributed by atoms with Gasteiger partial charge in [0.05, 0.1) is 18.3 Å². The summed E-state index contributed by atoms with van der Waals surface area (Å²) >= 11 is 0. The molecule has 0 radical (unpaired) electrons. The van der Waals surface area contributed by atoms with Crippen molar-refractivity contribution in [3.63, 3.8) is 0 Å². The van der Waals surface area contributed by atoms with Crippen LogP contribution in [-0.4, -0.2) is 43.9 Å². The molecule has 4 rings (SSSR count). The van der Waals surface area contributed by atoms with Crippen molar-refractivity contribution in [2.75, 3.05) is 30.8 Å². The summed E-state index contributed by atoms with van der Waals surface area (Å²) in [7, 11) is -3.28. The Hall–Kier alpha value is -2.51. The highest BCUT2D eigenvalue weighted by molar-refractivity contribution is 7.88. The SMILES string of the molecule is [C-]#[N+]c1cc2c(N3CCCC(CNS(C)(=O)=O)C3)nc(=O)n(C3CC3)c2cc1F. The molecule has 1 atom stereocenters. The Morgan fingerprint density at radius 2 is 2.10 bits per heavy atom. The molecule has 29 heavy (non-hydrogen) atoms. The van der Waals surface area contributed by atoms with Crippen LogP contribution in [0, 0.1) is 18.3 Å². The Bertz CT molecular complexity index is 1170. The van der Waals surface area contributed by atoms with E-state index < -0.39 is 21.5 Å². The zero-order chi connectivity index (χ0) is 20.8. The lowest BCUT2D eigenvalue weighted by Crippen LogP contribution is -2.42. The molecule has 0 bridgehead atoms. The van der Waals surface area contributed by atoms with Crippen LogP contribution >= 0.6 is 0 Å². The minimum atomic E-state index is -3.28. The summed E-state index contributed by atoms with van der Waals surface area (Å²) in [6.07, 6.45) is 4.51. The molecule has 1 saturated heterocycles. The topological polar surface area (TPSA) is 88.7 Å². The van der Waals surface area contributed by atoms with E-state index in [1.165, 1.54) is 16.7 Å². The maximum absolute atomic E-state index is 14.3. The highest BCUT2D eigenvalue weighted by Crippen LogP contribution is 2.39. The molecule has 154 valence electrons. The van der Waals surface area contributed by atoms with Gasteiger partial charge in [0.15, 0.2) is 0 Å². The van der Waals surface area contributed by atoms with Crippen molar-refractivity contribution in [1.29, 1.82) is 0 Å². The number of anilines is 1. The molecule has 0 spiro atoms. The van der Waals surface area contributed by atoms with Gasteiger partial charge in [-0.05, 0) is 43.7 Å². The van der Waals surface area contributed by atoms with E-state index in [1.807, 2.05) is 4.90 Å². The lowest BCUT2D eigenvalue weighted by atomic mass is 9.98. The van der Waals surface area contributed by atoms with Crippen LogP contribution in [0.5, 0.6) is 0 Å². The first-order chi connectivity index (χ1) is 13.8. The van der Waals surface area contributed by atoms with Gasteiger partial charge in [-0.3, -0.25) is 4.57 Å². The predicted molar refractivity (Wildman–Crippen MR) is 108 cm³/mol. The van der Waals surface area contributed by atoms with E-state index in [1.54, 1.807) is 0 Å². The zero-order valence-corrected chi connectivity index (χ0v) is 16.9. The summed E-state index contributed by atoms with van der Waals surface area (Å²) in [5, 5.41) is 0.584. The van der Waals surface area contributed by atoms with E-state index in [4.69, 9.17) is 6.57 Å². The number of nitrogens with one attached hydrogen (secondary N) is 1. The van der Waals surface area contributed by atoms with E-state index in [0.717, 1.165) is 31.9 Å². The van der Waals surface area contributed by atoms with Crippen LogP contribution in [0.1, 0.15) is 31.7 Å². The monoisotopic (exact) mass is 419 g/mol. The van der Waals surface area contributed by atoms with Crippen LogP contribution in [-0.2, 0) is 10.0 Å². The first-order valence-corrected chi connectivity index (χ1v) is 11.5. The molecule has 2 fully saturated rings. The second-order valence-electron chi connectivity index (χ2n) is 7.83. The number of hydrogen-bond acceptors (Lipinski definition) is 5. The predicted octanol–water partition coefficient (Wildman–Crippen LogP) is 2.19. The zero-order valence-electron chi connectivity index (χ0n) is 16.1. The molecule has 1 aliphatic heterocycles. The number of benzene rings is 1. The second kappa shape index (κ2) is 7.39. The number of nitrogens with zero attached hydrogens (tertiary/aromatic N) is 4. The van der Waals surface area contributed by atoms with Crippen LogP contribution in [0.25, 0.3) is 15.7 Å². The lowest BCUT2D eigenvalue weighted by Gasteiger charge is -2.34. The van der Waals surface area contributed by atoms with Gasteiger partial charge in [-0.25, -0.2) is 27.2 Å². The van der Waals surface area contributed by atoms with Crippen molar-refractivity contribution in [2.24, 2.45) is 5.92 Å². The van der Waals surface area contributed by atoms with Crippen molar-refractivity contribution in [1.82, 2.24) is 14.3 Å². The second-order valence-corrected chi connectivity index (χ2v) is 9.66. The van der Waals surface area contributed by atoms with E-state index in [0.29, 0.717) is 36.4 Å². The summed E-state index contributed by atoms with van der Waals surface area (Å²) in [6, 6.07) is 2.76. The fraction of sp³-hybridized carbons (Fsp3) is 0.526. The summed E-state index contributed by atoms with van der Waals surface area (Å²) < 4.78 is 41.2. The number of piperidine rings is 1. The fourth-order valence-electron chi connectivity index (χ4n) is 3.94. The Labute approximate surface area is 168 Å². The number of halogens is 1. The largest absolute Gasteiger partial charge is 0.356 e. The maximum atomic E-state index is 14.3. The van der Waals surface area contributed by atoms with Gasteiger partial charge in [0.25, 0.3) is 0 Å². The van der Waals surface area contributed by atoms with E-state index in [9.17, 15) is 17.6 Å². The first kappa shape index (κ1) is 19.8. The van der Waals surface area contributed by atoms with Crippen molar-refractivity contribution < 1.29 is 12.8 Å². The molecular formula is C19H22FN5O3S. The van der Waals surface area contributed by atoms with Crippen LogP contribution in [0.4, 0.5) is 15.9 Å². The highest BCUT2D eigenvalue weighted by Gasteiger charge is 2.30. The van der Waals surface area contributed by atoms with Crippen LogP contribution in [0.15, 0.2) is 16.9 Å². The van der Waals surface area contributed by atoms with Crippen molar-refractivity contribution >= 4 is 32.4 Å². The number of hydrogen-bond donors (Lipinski definition) is 1. The highest BCUT2D eigenvalue weighted by atomic mass is 32.2. The first-order valence-electron chi connectivity index (χ1n) is 9.59. The van der Waals surface area contributed by atoms with Gasteiger partial charge in [0, 0.05) is 31.1 Å². The summed E-state index contributed by atoms with van der Waals surface area (Å²) in [5.41, 5.74) is -0.0565. The molecule has 0 amide bonds. The van der Waals surface area contributed by atoms with Gasteiger partial charge in [0.2, 0.25) is 15.7 Å². The van der Waals surface area contributed by atoms with Gasteiger partial charge in [-0.15, -0.1) is 0 Å². The number of aromatic nitrogens is 2. The number of rotatable bonds is 5. The molecule has 1 aromatic heterocycles. The smallest absolute Gasteiger partial charge is 0.350 e. The molecule has 8 nitrogen and oxygen atoms in total. The molecule has 2 aliphatic rings. The third-order valence-electron chi connectivity index (χ3n) is 5.46. The Morgan fingerprint density at radius 1 is 1.34 bits per heavy atom. The van der Waals surface area contributed by atoms with Gasteiger partial charge in [-0.2, -0.15) is 4.98 Å². The molecule has 10 heteroatoms. The summed E-state index contributed by atoms with van der Waals surface area (Å²) in [4.78, 5) is 22.2. The lowest BCUT2D eigenvalue weighted by molar-refractivity contribution is 0.410. The van der Waals surface area contributed by atoms with Crippen LogP contribution in [0.2, 0.25) is 0 Å². The Balaban J connectivity index is 1.76. The van der Waals surface area contributed by atoms with Crippen molar-refractivity contribution in [3.8, 4) is 0 Å². The van der Waals surface area contributed by atoms with Crippen molar-refractivity contribution in [2.45, 2.75) is 31.7 Å². The van der Waals surface area contributed by atoms with Gasteiger partial charge < -0.3 is 4.90 Å². The van der Waals surface area contributed by atoms with Crippen molar-refractivity contribution in [3.05, 3.63) is 39.9 Å². The molecule has 1 N–H and O–H groups in total. The number of sulfonamides is 1. The Kier molecular flexibility index (Phi) is 5.04. The normalized spacial score (nSPS) is 20.0. The average Bonchev–Trinajstić information content (AvgIpc) is 3.50. The average molecular weight is 419 g/mol. The molecule has 1 saturated carbocycles. The maximum Gasteiger partial charge on any atom is 0.350 e. The minimum absolute atomic E-state index is 0.0257. The van der Waals surface area contributed by atoms with Gasteiger partial charge >= 0.3 is 5.69 Å². The van der Waals surface area contributed by atoms with Gasteiger partial charge in [-0.1, -0.05) is 0 Å². The standard InChI is InChI=1S/C19H22FN5O3S/c1-21-16-8-14-17(9-15(16)20)25(13-5-6-13)19(26)23-18(14)24-7-3-4-12(11-24)10-22-29(2,27)28/h8-9,12-13,22H,3-7,10-11H2,2H3. The molecule has 1 unspecified atom stereocenters. The molecule has 1 aromatic carbocycles. The van der Waals surface area contributed by atoms with Gasteiger partial charge in [0.1, 0.15) is 11.6 Å². The van der Waals surface area contributed by atoms with E-state index in [-0.39, 0.29) is 17.6 Å². The minimum Gasteiger partial charge on any atom is -0.356 e. The van der Waals surface area contributed by atoms with Crippen LogP contribution < -0.4 is 15.3 Å². The molecular weight excluding hydrogens is 397 g/mol. The Morgan fingerprint density at radius 3 is 2.76 bits per heavy atom. The third kappa shape index (κ3) is 4.11. The molecule has 2 aromatic rings. The molecule has 2 heterocycles. The quantitative estimate of drug-likeness (QED) is 0.751. The third-order valence-corrected chi connectivity index (χ3v) is 6.15.